The minimum Gasteiger partial charge on any atom is -0.364 e. The van der Waals surface area contributed by atoms with Gasteiger partial charge in [-0.2, -0.15) is 0 Å². The van der Waals surface area contributed by atoms with Crippen LogP contribution in [0.25, 0.3) is 0 Å². The van der Waals surface area contributed by atoms with Crippen LogP contribution in [0.3, 0.4) is 0 Å². The predicted octanol–water partition coefficient (Wildman–Crippen LogP) is 1.61. The summed E-state index contributed by atoms with van der Waals surface area (Å²) in [4.78, 5) is 4.19. The predicted molar refractivity (Wildman–Crippen MR) is 100 cm³/mol. The highest BCUT2D eigenvalue weighted by Gasteiger charge is 2.16. The van der Waals surface area contributed by atoms with Crippen LogP contribution in [0, 0.1) is 12.7 Å². The Morgan fingerprint density at radius 2 is 2.15 bits per heavy atom. The number of benzene rings is 1. The first-order valence-electron chi connectivity index (χ1n) is 8.11. The van der Waals surface area contributed by atoms with E-state index in [1.54, 1.807) is 13.8 Å². The topological polar surface area (TPSA) is 137 Å². The van der Waals surface area contributed by atoms with Gasteiger partial charge in [0.05, 0.1) is 5.69 Å². The Bertz CT molecular complexity index is 922. The van der Waals surface area contributed by atoms with Crippen LogP contribution in [0.1, 0.15) is 18.2 Å². The molecule has 27 heavy (non-hydrogen) atoms. The van der Waals surface area contributed by atoms with Crippen molar-refractivity contribution in [1.82, 2.24) is 20.5 Å². The number of aromatic nitrogens is 2. The number of aryl methyl sites for hydroxylation is 1. The van der Waals surface area contributed by atoms with Crippen LogP contribution in [0.2, 0.25) is 0 Å². The van der Waals surface area contributed by atoms with E-state index in [9.17, 15) is 13.8 Å². The molecule has 0 amide bonds. The number of aliphatic imine (C=N–C) groups is 1. The van der Waals surface area contributed by atoms with Crippen LogP contribution in [-0.2, 0) is 9.92 Å². The van der Waals surface area contributed by atoms with Crippen LogP contribution in [-0.4, -0.2) is 51.5 Å². The zero-order chi connectivity index (χ0) is 19.9. The molecule has 0 aliphatic heterocycles. The number of hydrogen-bond acceptors (Lipinski definition) is 8. The van der Waals surface area contributed by atoms with Gasteiger partial charge in [0.2, 0.25) is 5.82 Å². The fourth-order valence-corrected chi connectivity index (χ4v) is 3.12. The quantitative estimate of drug-likeness (QED) is 0.229. The Balaban J connectivity index is 2.10. The molecule has 2 rings (SSSR count). The standard InChI is InChI=1S/C15H22FN7O3S/c1-4-27(25,17-3)19-8-7-18-14-13(22-26-23-14)15(21-24)20-11-5-6-12(16)10(2)9-11/h5-6,9,24H,4,7-8H2,1-3H3,(H,18,23)(H,20,21)(H,17,19,25). The van der Waals surface area contributed by atoms with Gasteiger partial charge < -0.3 is 5.32 Å². The molecule has 1 heterocycles. The SMILES string of the molecule is CCS(=O)(=NC)NCCNc1nonc1C(=Nc1ccc(F)c(C)c1)NO. The summed E-state index contributed by atoms with van der Waals surface area (Å²) in [6.45, 7) is 4.09. The normalized spacial score (nSPS) is 13.9. The molecule has 0 aliphatic carbocycles. The largest absolute Gasteiger partial charge is 0.364 e. The molecule has 148 valence electrons. The van der Waals surface area contributed by atoms with Crippen LogP contribution in [0.4, 0.5) is 15.9 Å². The van der Waals surface area contributed by atoms with Crippen molar-refractivity contribution in [3.8, 4) is 0 Å². The van der Waals surface area contributed by atoms with E-state index in [-0.39, 0.29) is 23.2 Å². The maximum absolute atomic E-state index is 13.4. The summed E-state index contributed by atoms with van der Waals surface area (Å²) < 4.78 is 36.9. The molecule has 1 aromatic heterocycles. The Kier molecular flexibility index (Phi) is 7.21. The van der Waals surface area contributed by atoms with E-state index in [2.05, 4.69) is 29.7 Å². The molecule has 1 aromatic carbocycles. The average molecular weight is 399 g/mol. The number of nitrogens with zero attached hydrogens (tertiary/aromatic N) is 4. The Morgan fingerprint density at radius 1 is 1.37 bits per heavy atom. The molecule has 1 atom stereocenters. The lowest BCUT2D eigenvalue weighted by molar-refractivity contribution is 0.234. The second-order valence-corrected chi connectivity index (χ2v) is 7.91. The van der Waals surface area contributed by atoms with Crippen LogP contribution < -0.4 is 15.5 Å². The zero-order valence-electron chi connectivity index (χ0n) is 15.2. The summed E-state index contributed by atoms with van der Waals surface area (Å²) in [5.74, 6) is 0.238. The first-order valence-corrected chi connectivity index (χ1v) is 9.80. The van der Waals surface area contributed by atoms with Gasteiger partial charge in [-0.1, -0.05) is 6.92 Å². The highest BCUT2D eigenvalue weighted by molar-refractivity contribution is 7.91. The van der Waals surface area contributed by atoms with Crippen molar-refractivity contribution in [2.24, 2.45) is 9.36 Å². The monoisotopic (exact) mass is 399 g/mol. The van der Waals surface area contributed by atoms with Gasteiger partial charge in [-0.05, 0) is 41.0 Å². The smallest absolute Gasteiger partial charge is 0.202 e. The van der Waals surface area contributed by atoms with Crippen LogP contribution in [0.5, 0.6) is 0 Å². The molecule has 0 saturated heterocycles. The highest BCUT2D eigenvalue weighted by Crippen LogP contribution is 2.19. The van der Waals surface area contributed by atoms with Crippen LogP contribution in [0.15, 0.2) is 32.2 Å². The molecule has 2 aromatic rings. The molecule has 10 nitrogen and oxygen atoms in total. The second-order valence-electron chi connectivity index (χ2n) is 5.40. The summed E-state index contributed by atoms with van der Waals surface area (Å²) >= 11 is 0. The zero-order valence-corrected chi connectivity index (χ0v) is 16.0. The lowest BCUT2D eigenvalue weighted by atomic mass is 10.2. The molecule has 0 bridgehead atoms. The number of nitrogens with one attached hydrogen (secondary N) is 3. The van der Waals surface area contributed by atoms with Gasteiger partial charge in [0.25, 0.3) is 0 Å². The third-order valence-corrected chi connectivity index (χ3v) is 5.66. The molecule has 1 unspecified atom stereocenters. The first kappa shape index (κ1) is 20.7. The summed E-state index contributed by atoms with van der Waals surface area (Å²) in [7, 11) is -0.918. The maximum Gasteiger partial charge on any atom is 0.202 e. The minimum absolute atomic E-state index is 0.0290. The Hall–Kier alpha value is -2.57. The van der Waals surface area contributed by atoms with Gasteiger partial charge >= 0.3 is 0 Å². The summed E-state index contributed by atoms with van der Waals surface area (Å²) in [5, 5.41) is 19.8. The van der Waals surface area contributed by atoms with E-state index in [1.165, 1.54) is 25.2 Å². The molecule has 0 saturated carbocycles. The summed E-state index contributed by atoms with van der Waals surface area (Å²) in [5.41, 5.74) is 2.90. The van der Waals surface area contributed by atoms with E-state index in [4.69, 9.17) is 4.63 Å². The van der Waals surface area contributed by atoms with E-state index in [1.807, 2.05) is 5.48 Å². The number of amidine groups is 1. The minimum atomic E-state index is -2.42. The number of hydroxylamine groups is 1. The van der Waals surface area contributed by atoms with E-state index in [0.29, 0.717) is 30.1 Å². The van der Waals surface area contributed by atoms with Gasteiger partial charge in [0, 0.05) is 25.9 Å². The molecule has 0 fully saturated rings. The third-order valence-electron chi connectivity index (χ3n) is 3.63. The van der Waals surface area contributed by atoms with Gasteiger partial charge in [0.1, 0.15) is 15.7 Å². The van der Waals surface area contributed by atoms with Crippen LogP contribution >= 0.6 is 0 Å². The van der Waals surface area contributed by atoms with Gasteiger partial charge in [-0.3, -0.25) is 10.7 Å². The van der Waals surface area contributed by atoms with Gasteiger partial charge in [-0.25, -0.2) is 27.3 Å². The average Bonchev–Trinajstić information content (AvgIpc) is 3.14. The lowest BCUT2D eigenvalue weighted by Gasteiger charge is -2.09. The van der Waals surface area contributed by atoms with E-state index < -0.39 is 9.92 Å². The van der Waals surface area contributed by atoms with Crippen molar-refractivity contribution in [3.63, 3.8) is 0 Å². The Labute approximate surface area is 156 Å². The lowest BCUT2D eigenvalue weighted by Crippen LogP contribution is -2.30. The molecule has 12 heteroatoms. The number of anilines is 1. The molecular formula is C15H22FN7O3S. The van der Waals surface area contributed by atoms with Gasteiger partial charge in [0.15, 0.2) is 11.5 Å². The number of rotatable bonds is 8. The number of halogens is 1. The fourth-order valence-electron chi connectivity index (χ4n) is 2.11. The van der Waals surface area contributed by atoms with Crippen molar-refractivity contribution < 1.29 is 18.4 Å². The Morgan fingerprint density at radius 3 is 2.78 bits per heavy atom. The molecule has 0 spiro atoms. The summed E-state index contributed by atoms with van der Waals surface area (Å²) in [6.07, 6.45) is 0. The maximum atomic E-state index is 13.4. The van der Waals surface area contributed by atoms with Gasteiger partial charge in [-0.15, -0.1) is 0 Å². The second kappa shape index (κ2) is 9.39. The summed E-state index contributed by atoms with van der Waals surface area (Å²) in [6, 6.07) is 4.26. The van der Waals surface area contributed by atoms with Crippen molar-refractivity contribution in [1.29, 1.82) is 0 Å². The van der Waals surface area contributed by atoms with Crippen molar-refractivity contribution in [2.45, 2.75) is 13.8 Å². The number of hydrogen-bond donors (Lipinski definition) is 4. The first-order chi connectivity index (χ1) is 12.9. The fraction of sp³-hybridized carbons (Fsp3) is 0.400. The third kappa shape index (κ3) is 5.45. The van der Waals surface area contributed by atoms with Crippen molar-refractivity contribution in [3.05, 3.63) is 35.3 Å². The van der Waals surface area contributed by atoms with E-state index in [0.717, 1.165) is 0 Å². The highest BCUT2D eigenvalue weighted by atomic mass is 32.2. The molecule has 0 aliphatic rings. The van der Waals surface area contributed by atoms with Crippen molar-refractivity contribution in [2.75, 3.05) is 31.2 Å². The van der Waals surface area contributed by atoms with E-state index >= 15 is 0 Å². The molecule has 4 N–H and O–H groups in total. The molecular weight excluding hydrogens is 377 g/mol. The van der Waals surface area contributed by atoms with Crippen molar-refractivity contribution >= 4 is 27.3 Å². The molecule has 0 radical (unpaired) electrons.